The zero-order valence-corrected chi connectivity index (χ0v) is 14.0. The summed E-state index contributed by atoms with van der Waals surface area (Å²) in [6, 6.07) is 11.4. The lowest BCUT2D eigenvalue weighted by Crippen LogP contribution is -2.29. The van der Waals surface area contributed by atoms with Crippen molar-refractivity contribution in [2.45, 2.75) is 25.4 Å². The van der Waals surface area contributed by atoms with Crippen molar-refractivity contribution in [2.24, 2.45) is 0 Å². The van der Waals surface area contributed by atoms with Crippen LogP contribution in [0.15, 0.2) is 54.7 Å². The number of halogens is 3. The lowest BCUT2D eigenvalue weighted by atomic mass is 9.98. The number of hydrogen-bond donors (Lipinski definition) is 0. The number of alkyl halides is 3. The summed E-state index contributed by atoms with van der Waals surface area (Å²) in [6.45, 7) is 2.79. The Kier molecular flexibility index (Phi) is 5.53. The van der Waals surface area contributed by atoms with Crippen LogP contribution in [-0.2, 0) is 12.6 Å². The lowest BCUT2D eigenvalue weighted by Gasteiger charge is -2.26. The molecule has 2 nitrogen and oxygen atoms in total. The lowest BCUT2D eigenvalue weighted by molar-refractivity contribution is -0.137. The molecule has 2 aromatic rings. The molecular weight excluding hydrogens is 325 g/mol. The first-order chi connectivity index (χ1) is 12.0. The van der Waals surface area contributed by atoms with E-state index in [2.05, 4.69) is 16.0 Å². The van der Waals surface area contributed by atoms with E-state index in [1.54, 1.807) is 12.1 Å². The van der Waals surface area contributed by atoms with Gasteiger partial charge in [0.2, 0.25) is 0 Å². The number of nitrogens with zero attached hydrogens (tertiary/aromatic N) is 2. The molecular formula is C20H21F3N2. The van der Waals surface area contributed by atoms with Gasteiger partial charge in [0.15, 0.2) is 0 Å². The summed E-state index contributed by atoms with van der Waals surface area (Å²) in [4.78, 5) is 6.70. The highest BCUT2D eigenvalue weighted by Gasteiger charge is 2.30. The van der Waals surface area contributed by atoms with E-state index in [0.717, 1.165) is 67.9 Å². The molecule has 1 aliphatic rings. The van der Waals surface area contributed by atoms with Gasteiger partial charge in [0, 0.05) is 25.0 Å². The molecule has 0 bridgehead atoms. The molecule has 0 N–H and O–H groups in total. The first-order valence-electron chi connectivity index (χ1n) is 8.51. The Morgan fingerprint density at radius 2 is 1.84 bits per heavy atom. The van der Waals surface area contributed by atoms with Crippen LogP contribution in [0.1, 0.15) is 29.7 Å². The monoisotopic (exact) mass is 346 g/mol. The molecule has 0 atom stereocenters. The van der Waals surface area contributed by atoms with E-state index < -0.39 is 11.7 Å². The highest BCUT2D eigenvalue weighted by Crippen LogP contribution is 2.31. The summed E-state index contributed by atoms with van der Waals surface area (Å²) >= 11 is 0. The maximum absolute atomic E-state index is 12.6. The van der Waals surface area contributed by atoms with Gasteiger partial charge >= 0.3 is 6.18 Å². The largest absolute Gasteiger partial charge is 0.416 e. The number of aryl methyl sites for hydroxylation is 1. The molecule has 0 fully saturated rings. The molecule has 2 heterocycles. The van der Waals surface area contributed by atoms with Crippen LogP contribution < -0.4 is 0 Å². The van der Waals surface area contributed by atoms with Crippen molar-refractivity contribution in [1.82, 2.24) is 9.88 Å². The number of rotatable bonds is 5. The van der Waals surface area contributed by atoms with E-state index in [4.69, 9.17) is 0 Å². The first kappa shape index (κ1) is 17.7. The van der Waals surface area contributed by atoms with Gasteiger partial charge in [0.25, 0.3) is 0 Å². The Morgan fingerprint density at radius 1 is 1.04 bits per heavy atom. The minimum Gasteiger partial charge on any atom is -0.299 e. The van der Waals surface area contributed by atoms with Gasteiger partial charge in [-0.15, -0.1) is 0 Å². The fraction of sp³-hybridized carbons (Fsp3) is 0.350. The average molecular weight is 346 g/mol. The van der Waals surface area contributed by atoms with Crippen LogP contribution in [0.4, 0.5) is 13.2 Å². The van der Waals surface area contributed by atoms with Crippen molar-refractivity contribution in [2.75, 3.05) is 19.6 Å². The topological polar surface area (TPSA) is 16.1 Å². The average Bonchev–Trinajstić information content (AvgIpc) is 2.63. The summed E-state index contributed by atoms with van der Waals surface area (Å²) in [5, 5.41) is 0. The minimum absolute atomic E-state index is 0.594. The van der Waals surface area contributed by atoms with Crippen molar-refractivity contribution >= 4 is 5.57 Å². The van der Waals surface area contributed by atoms with Crippen molar-refractivity contribution in [3.8, 4) is 0 Å². The van der Waals surface area contributed by atoms with E-state index in [0.29, 0.717) is 0 Å². The van der Waals surface area contributed by atoms with Gasteiger partial charge in [-0.05, 0) is 61.2 Å². The van der Waals surface area contributed by atoms with E-state index in [1.165, 1.54) is 0 Å². The van der Waals surface area contributed by atoms with Crippen LogP contribution in [0.5, 0.6) is 0 Å². The molecule has 1 aromatic heterocycles. The first-order valence-corrected chi connectivity index (χ1v) is 8.51. The molecule has 0 amide bonds. The molecule has 3 rings (SSSR count). The molecule has 0 unspecified atom stereocenters. The van der Waals surface area contributed by atoms with E-state index in [9.17, 15) is 13.2 Å². The van der Waals surface area contributed by atoms with Gasteiger partial charge in [0.05, 0.1) is 5.56 Å². The predicted molar refractivity (Wildman–Crippen MR) is 93.0 cm³/mol. The summed E-state index contributed by atoms with van der Waals surface area (Å²) in [6.07, 6.45) is 2.56. The van der Waals surface area contributed by atoms with Crippen molar-refractivity contribution < 1.29 is 13.2 Å². The van der Waals surface area contributed by atoms with Gasteiger partial charge in [-0.25, -0.2) is 0 Å². The number of benzene rings is 1. The summed E-state index contributed by atoms with van der Waals surface area (Å²) in [5.41, 5.74) is 2.54. The van der Waals surface area contributed by atoms with Gasteiger partial charge in [-0.3, -0.25) is 9.88 Å². The Morgan fingerprint density at radius 3 is 2.44 bits per heavy atom. The fourth-order valence-corrected chi connectivity index (χ4v) is 3.08. The third-order valence-electron chi connectivity index (χ3n) is 4.51. The molecule has 0 saturated carbocycles. The molecule has 1 aromatic carbocycles. The van der Waals surface area contributed by atoms with E-state index in [-0.39, 0.29) is 0 Å². The molecule has 25 heavy (non-hydrogen) atoms. The Hall–Kier alpha value is -2.14. The Bertz CT molecular complexity index is 706. The van der Waals surface area contributed by atoms with Crippen LogP contribution in [0.25, 0.3) is 5.57 Å². The van der Waals surface area contributed by atoms with Crippen molar-refractivity contribution in [1.29, 1.82) is 0 Å². The van der Waals surface area contributed by atoms with Gasteiger partial charge in [0.1, 0.15) is 0 Å². The molecule has 5 heteroatoms. The second-order valence-electron chi connectivity index (χ2n) is 6.28. The number of hydrogen-bond acceptors (Lipinski definition) is 2. The molecule has 0 aliphatic carbocycles. The molecule has 1 aliphatic heterocycles. The van der Waals surface area contributed by atoms with Gasteiger partial charge in [-0.1, -0.05) is 24.3 Å². The molecule has 132 valence electrons. The highest BCUT2D eigenvalue weighted by atomic mass is 19.4. The van der Waals surface area contributed by atoms with Gasteiger partial charge in [-0.2, -0.15) is 13.2 Å². The second-order valence-corrected chi connectivity index (χ2v) is 6.28. The summed E-state index contributed by atoms with van der Waals surface area (Å²) < 4.78 is 37.9. The smallest absolute Gasteiger partial charge is 0.299 e. The summed E-state index contributed by atoms with van der Waals surface area (Å²) in [7, 11) is 0. The third-order valence-corrected chi connectivity index (χ3v) is 4.51. The predicted octanol–water partition coefficient (Wildman–Crippen LogP) is 4.82. The summed E-state index contributed by atoms with van der Waals surface area (Å²) in [5.74, 6) is 0. The van der Waals surface area contributed by atoms with Crippen LogP contribution >= 0.6 is 0 Å². The third kappa shape index (κ3) is 4.92. The van der Waals surface area contributed by atoms with Gasteiger partial charge < -0.3 is 0 Å². The van der Waals surface area contributed by atoms with Crippen molar-refractivity contribution in [3.05, 3.63) is 71.6 Å². The van der Waals surface area contributed by atoms with E-state index in [1.807, 2.05) is 24.4 Å². The van der Waals surface area contributed by atoms with Crippen molar-refractivity contribution in [3.63, 3.8) is 0 Å². The van der Waals surface area contributed by atoms with Crippen LogP contribution in [0.2, 0.25) is 0 Å². The standard InChI is InChI=1S/C20H21F3N2/c21-20(22,23)18-8-6-16(7-9-18)17-10-14-25(15-11-17)13-3-5-19-4-1-2-12-24-19/h1-2,4,6-10,12H,3,5,11,13-15H2. The Balaban J connectivity index is 1.50. The number of pyridine rings is 1. The minimum atomic E-state index is -4.27. The highest BCUT2D eigenvalue weighted by molar-refractivity contribution is 5.66. The second kappa shape index (κ2) is 7.83. The number of aromatic nitrogens is 1. The quantitative estimate of drug-likeness (QED) is 0.771. The SMILES string of the molecule is FC(F)(F)c1ccc(C2=CCN(CCCc3ccccn3)CC2)cc1. The van der Waals surface area contributed by atoms with Crippen LogP contribution in [-0.4, -0.2) is 29.5 Å². The molecule has 0 spiro atoms. The van der Waals surface area contributed by atoms with Crippen LogP contribution in [0.3, 0.4) is 0 Å². The normalized spacial score (nSPS) is 15.9. The Labute approximate surface area is 146 Å². The molecule has 0 radical (unpaired) electrons. The van der Waals surface area contributed by atoms with Crippen LogP contribution in [0, 0.1) is 0 Å². The molecule has 0 saturated heterocycles. The maximum Gasteiger partial charge on any atom is 0.416 e. The fourth-order valence-electron chi connectivity index (χ4n) is 3.08. The zero-order chi connectivity index (χ0) is 17.7. The zero-order valence-electron chi connectivity index (χ0n) is 14.0. The maximum atomic E-state index is 12.6. The van der Waals surface area contributed by atoms with E-state index >= 15 is 0 Å².